The monoisotopic (exact) mass is 473 g/mol. The SMILES string of the molecule is CC(NC(=O)c1cc(Cl)cc(S(C)(=O)=O)c1)c1nccnc1-n1cc(C(F)(F)F)cn1. The molecule has 1 N–H and O–H groups in total. The van der Waals surface area contributed by atoms with Gasteiger partial charge >= 0.3 is 6.18 Å². The maximum atomic E-state index is 12.9. The number of rotatable bonds is 5. The largest absolute Gasteiger partial charge is 0.419 e. The van der Waals surface area contributed by atoms with Crippen LogP contribution in [0.15, 0.2) is 47.9 Å². The van der Waals surface area contributed by atoms with Gasteiger partial charge in [0.15, 0.2) is 15.7 Å². The van der Waals surface area contributed by atoms with Crippen molar-refractivity contribution >= 4 is 27.3 Å². The molecule has 31 heavy (non-hydrogen) atoms. The van der Waals surface area contributed by atoms with Crippen LogP contribution in [0.1, 0.15) is 34.6 Å². The van der Waals surface area contributed by atoms with Gasteiger partial charge in [-0.2, -0.15) is 18.3 Å². The Labute approximate surface area is 180 Å². The lowest BCUT2D eigenvalue weighted by Crippen LogP contribution is -2.28. The number of hydrogen-bond acceptors (Lipinski definition) is 6. The van der Waals surface area contributed by atoms with E-state index in [2.05, 4.69) is 20.4 Å². The van der Waals surface area contributed by atoms with E-state index in [1.54, 1.807) is 6.92 Å². The zero-order chi connectivity index (χ0) is 23.0. The molecular weight excluding hydrogens is 459 g/mol. The van der Waals surface area contributed by atoms with Gasteiger partial charge in [-0.3, -0.25) is 9.78 Å². The van der Waals surface area contributed by atoms with Crippen LogP contribution in [0.2, 0.25) is 5.02 Å². The average molecular weight is 474 g/mol. The molecule has 1 unspecified atom stereocenters. The summed E-state index contributed by atoms with van der Waals surface area (Å²) in [6, 6.07) is 2.87. The highest BCUT2D eigenvalue weighted by Gasteiger charge is 2.33. The summed E-state index contributed by atoms with van der Waals surface area (Å²) in [5.74, 6) is -0.665. The molecule has 0 saturated carbocycles. The number of nitrogens with zero attached hydrogens (tertiary/aromatic N) is 4. The van der Waals surface area contributed by atoms with E-state index in [4.69, 9.17) is 11.6 Å². The third-order valence-corrected chi connectivity index (χ3v) is 5.46. The Morgan fingerprint density at radius 2 is 1.87 bits per heavy atom. The van der Waals surface area contributed by atoms with Gasteiger partial charge < -0.3 is 5.32 Å². The lowest BCUT2D eigenvalue weighted by Gasteiger charge is -2.16. The van der Waals surface area contributed by atoms with Crippen LogP contribution < -0.4 is 5.32 Å². The van der Waals surface area contributed by atoms with Crippen LogP contribution in [0.3, 0.4) is 0 Å². The molecule has 0 fully saturated rings. The lowest BCUT2D eigenvalue weighted by atomic mass is 10.1. The summed E-state index contributed by atoms with van der Waals surface area (Å²) < 4.78 is 63.1. The molecule has 0 aliphatic rings. The molecule has 1 aromatic carbocycles. The molecule has 0 aliphatic heterocycles. The minimum absolute atomic E-state index is 0.00582. The van der Waals surface area contributed by atoms with E-state index in [-0.39, 0.29) is 27.0 Å². The fraction of sp³-hybridized carbons (Fsp3) is 0.222. The predicted octanol–water partition coefficient (Wildman–Crippen LogP) is 3.23. The van der Waals surface area contributed by atoms with Crippen LogP contribution in [0, 0.1) is 0 Å². The Morgan fingerprint density at radius 3 is 2.48 bits per heavy atom. The normalized spacial score (nSPS) is 13.1. The number of alkyl halides is 3. The van der Waals surface area contributed by atoms with Crippen molar-refractivity contribution < 1.29 is 26.4 Å². The number of carbonyl (C=O) groups is 1. The minimum Gasteiger partial charge on any atom is -0.344 e. The predicted molar refractivity (Wildman–Crippen MR) is 105 cm³/mol. The van der Waals surface area contributed by atoms with Crippen LogP contribution in [0.4, 0.5) is 13.2 Å². The van der Waals surface area contributed by atoms with Crippen LogP contribution in [-0.4, -0.2) is 40.3 Å². The summed E-state index contributed by atoms with van der Waals surface area (Å²) in [7, 11) is -3.60. The van der Waals surface area contributed by atoms with Crippen molar-refractivity contribution in [3.05, 3.63) is 64.8 Å². The number of halogens is 4. The zero-order valence-electron chi connectivity index (χ0n) is 16.1. The first-order valence-corrected chi connectivity index (χ1v) is 10.9. The molecule has 0 aliphatic carbocycles. The number of nitrogens with one attached hydrogen (secondary N) is 1. The second kappa shape index (κ2) is 8.27. The molecule has 2 heterocycles. The molecule has 0 saturated heterocycles. The van der Waals surface area contributed by atoms with Gasteiger partial charge in [-0.25, -0.2) is 18.1 Å². The smallest absolute Gasteiger partial charge is 0.344 e. The Balaban J connectivity index is 1.90. The van der Waals surface area contributed by atoms with Gasteiger partial charge in [-0.15, -0.1) is 0 Å². The highest BCUT2D eigenvalue weighted by atomic mass is 35.5. The van der Waals surface area contributed by atoms with E-state index in [0.717, 1.165) is 17.1 Å². The van der Waals surface area contributed by atoms with Crippen LogP contribution in [-0.2, 0) is 16.0 Å². The first kappa shape index (κ1) is 22.7. The van der Waals surface area contributed by atoms with Crippen molar-refractivity contribution in [3.8, 4) is 5.82 Å². The Morgan fingerprint density at radius 1 is 1.19 bits per heavy atom. The van der Waals surface area contributed by atoms with Crippen molar-refractivity contribution in [2.24, 2.45) is 0 Å². The van der Waals surface area contributed by atoms with E-state index < -0.39 is 33.5 Å². The molecule has 0 radical (unpaired) electrons. The van der Waals surface area contributed by atoms with Crippen LogP contribution in [0.5, 0.6) is 0 Å². The highest BCUT2D eigenvalue weighted by molar-refractivity contribution is 7.90. The Kier molecular flexibility index (Phi) is 6.05. The summed E-state index contributed by atoms with van der Waals surface area (Å²) in [5, 5.41) is 6.34. The molecule has 8 nitrogen and oxygen atoms in total. The number of aromatic nitrogens is 4. The molecule has 0 spiro atoms. The topological polar surface area (TPSA) is 107 Å². The van der Waals surface area contributed by atoms with Gasteiger partial charge in [0.25, 0.3) is 5.91 Å². The summed E-state index contributed by atoms with van der Waals surface area (Å²) in [5.41, 5.74) is -0.824. The van der Waals surface area contributed by atoms with E-state index >= 15 is 0 Å². The second-order valence-corrected chi connectivity index (χ2v) is 9.03. The Bertz CT molecular complexity index is 1240. The van der Waals surface area contributed by atoms with Crippen molar-refractivity contribution in [2.45, 2.75) is 24.0 Å². The third-order valence-electron chi connectivity index (χ3n) is 4.15. The lowest BCUT2D eigenvalue weighted by molar-refractivity contribution is -0.137. The van der Waals surface area contributed by atoms with Crippen molar-refractivity contribution in [2.75, 3.05) is 6.26 Å². The molecular formula is C18H15ClF3N5O3S. The number of sulfone groups is 1. The Hall–Kier alpha value is -2.99. The fourth-order valence-corrected chi connectivity index (χ4v) is 3.65. The van der Waals surface area contributed by atoms with Gasteiger partial charge in [0.2, 0.25) is 0 Å². The van der Waals surface area contributed by atoms with Gasteiger partial charge in [0.05, 0.1) is 22.7 Å². The van der Waals surface area contributed by atoms with E-state index in [1.165, 1.54) is 30.6 Å². The molecule has 3 rings (SSSR count). The maximum absolute atomic E-state index is 12.9. The average Bonchev–Trinajstić information content (AvgIpc) is 3.17. The summed E-state index contributed by atoms with van der Waals surface area (Å²) >= 11 is 5.93. The van der Waals surface area contributed by atoms with Crippen LogP contribution in [0.25, 0.3) is 5.82 Å². The molecule has 3 aromatic rings. The molecule has 13 heteroatoms. The first-order chi connectivity index (χ1) is 14.4. The molecule has 2 aromatic heterocycles. The van der Waals surface area contributed by atoms with Gasteiger partial charge in [0.1, 0.15) is 5.69 Å². The van der Waals surface area contributed by atoms with Crippen molar-refractivity contribution in [3.63, 3.8) is 0 Å². The van der Waals surface area contributed by atoms with E-state index in [9.17, 15) is 26.4 Å². The van der Waals surface area contributed by atoms with Gasteiger partial charge in [0, 0.05) is 35.4 Å². The zero-order valence-corrected chi connectivity index (χ0v) is 17.6. The molecule has 1 amide bonds. The number of benzene rings is 1. The summed E-state index contributed by atoms with van der Waals surface area (Å²) in [6.07, 6.45) is 0.407. The third kappa shape index (κ3) is 5.20. The quantitative estimate of drug-likeness (QED) is 0.609. The standard InChI is InChI=1S/C18H15ClF3N5O3S/c1-10(26-17(28)11-5-13(19)7-14(6-11)31(2,29)30)15-16(24-4-3-23-15)27-9-12(8-25-27)18(20,21)22/h3-10H,1-2H3,(H,26,28). The van der Waals surface area contributed by atoms with Crippen molar-refractivity contribution in [1.29, 1.82) is 0 Å². The molecule has 0 bridgehead atoms. The van der Waals surface area contributed by atoms with Gasteiger partial charge in [-0.1, -0.05) is 11.6 Å². The number of carbonyl (C=O) groups excluding carboxylic acids is 1. The summed E-state index contributed by atoms with van der Waals surface area (Å²) in [4.78, 5) is 20.7. The number of hydrogen-bond donors (Lipinski definition) is 1. The van der Waals surface area contributed by atoms with Crippen molar-refractivity contribution in [1.82, 2.24) is 25.1 Å². The summed E-state index contributed by atoms with van der Waals surface area (Å²) in [6.45, 7) is 1.54. The first-order valence-electron chi connectivity index (χ1n) is 8.61. The molecule has 164 valence electrons. The van der Waals surface area contributed by atoms with E-state index in [0.29, 0.717) is 6.20 Å². The highest BCUT2D eigenvalue weighted by Crippen LogP contribution is 2.29. The minimum atomic E-state index is -4.58. The van der Waals surface area contributed by atoms with E-state index in [1.807, 2.05) is 0 Å². The van der Waals surface area contributed by atoms with Crippen LogP contribution >= 0.6 is 11.6 Å². The number of amides is 1. The fourth-order valence-electron chi connectivity index (χ4n) is 2.66. The second-order valence-electron chi connectivity index (χ2n) is 6.58. The molecule has 1 atom stereocenters. The maximum Gasteiger partial charge on any atom is 0.419 e. The van der Waals surface area contributed by atoms with Gasteiger partial charge in [-0.05, 0) is 25.1 Å².